The van der Waals surface area contributed by atoms with E-state index in [9.17, 15) is 9.50 Å². The number of benzene rings is 1. The first-order chi connectivity index (χ1) is 6.56. The van der Waals surface area contributed by atoms with E-state index in [1.54, 1.807) is 0 Å². The van der Waals surface area contributed by atoms with Crippen LogP contribution in [0, 0.1) is 5.82 Å². The van der Waals surface area contributed by atoms with Crippen LogP contribution in [-0.4, -0.2) is 11.7 Å². The molecule has 78 valence electrons. The van der Waals surface area contributed by atoms with Crippen LogP contribution in [0.1, 0.15) is 18.0 Å². The predicted octanol–water partition coefficient (Wildman–Crippen LogP) is 0.462. The van der Waals surface area contributed by atoms with Crippen molar-refractivity contribution in [2.45, 2.75) is 12.5 Å². The van der Waals surface area contributed by atoms with Crippen LogP contribution >= 0.6 is 0 Å². The molecule has 1 aromatic rings. The molecule has 0 heterocycles. The van der Waals surface area contributed by atoms with Gasteiger partial charge in [-0.15, -0.1) is 0 Å². The topological polar surface area (TPSA) is 98.3 Å². The average Bonchev–Trinajstić information content (AvgIpc) is 2.11. The Balaban J connectivity index is 3.07. The summed E-state index contributed by atoms with van der Waals surface area (Å²) < 4.78 is 12.9. The van der Waals surface area contributed by atoms with Crippen LogP contribution in [0.15, 0.2) is 12.1 Å². The minimum absolute atomic E-state index is 0.00697. The van der Waals surface area contributed by atoms with Crippen LogP contribution in [0.2, 0.25) is 0 Å². The van der Waals surface area contributed by atoms with E-state index in [1.807, 2.05) is 0 Å². The smallest absolute Gasteiger partial charge is 0.143 e. The van der Waals surface area contributed by atoms with Crippen molar-refractivity contribution in [3.8, 4) is 5.75 Å². The van der Waals surface area contributed by atoms with Crippen LogP contribution in [0.25, 0.3) is 0 Å². The van der Waals surface area contributed by atoms with Gasteiger partial charge in [0.05, 0.1) is 5.69 Å². The normalized spacial score (nSPS) is 12.8. The zero-order valence-corrected chi connectivity index (χ0v) is 7.70. The highest BCUT2D eigenvalue weighted by Gasteiger charge is 2.13. The van der Waals surface area contributed by atoms with Gasteiger partial charge in [-0.1, -0.05) is 0 Å². The summed E-state index contributed by atoms with van der Waals surface area (Å²) >= 11 is 0. The van der Waals surface area contributed by atoms with Gasteiger partial charge in [0.15, 0.2) is 0 Å². The molecule has 0 unspecified atom stereocenters. The van der Waals surface area contributed by atoms with Gasteiger partial charge < -0.3 is 22.3 Å². The SMILES string of the molecule is NCC[C@H](N)c1cc(F)cc(N)c1O. The second-order valence-electron chi connectivity index (χ2n) is 3.12. The van der Waals surface area contributed by atoms with E-state index in [4.69, 9.17) is 17.2 Å². The van der Waals surface area contributed by atoms with Gasteiger partial charge in [0.1, 0.15) is 11.6 Å². The maximum Gasteiger partial charge on any atom is 0.143 e. The number of rotatable bonds is 3. The second kappa shape index (κ2) is 4.26. The lowest BCUT2D eigenvalue weighted by molar-refractivity contribution is 0.459. The quantitative estimate of drug-likeness (QED) is 0.420. The van der Waals surface area contributed by atoms with Gasteiger partial charge in [-0.2, -0.15) is 0 Å². The van der Waals surface area contributed by atoms with E-state index in [0.717, 1.165) is 6.07 Å². The van der Waals surface area contributed by atoms with Gasteiger partial charge in [0, 0.05) is 17.7 Å². The van der Waals surface area contributed by atoms with Gasteiger partial charge in [0.2, 0.25) is 0 Å². The molecule has 0 aliphatic heterocycles. The molecule has 0 saturated carbocycles. The molecular formula is C9H14FN3O. The van der Waals surface area contributed by atoms with Crippen molar-refractivity contribution < 1.29 is 9.50 Å². The van der Waals surface area contributed by atoms with Crippen molar-refractivity contribution in [3.05, 3.63) is 23.5 Å². The summed E-state index contributed by atoms with van der Waals surface area (Å²) in [7, 11) is 0. The molecule has 0 spiro atoms. The summed E-state index contributed by atoms with van der Waals surface area (Å²) in [5.74, 6) is -0.671. The van der Waals surface area contributed by atoms with E-state index in [-0.39, 0.29) is 11.4 Å². The lowest BCUT2D eigenvalue weighted by Gasteiger charge is -2.13. The minimum atomic E-state index is -0.511. The summed E-state index contributed by atoms with van der Waals surface area (Å²) in [6, 6.07) is 1.73. The Kier molecular flexibility index (Phi) is 3.27. The molecule has 0 radical (unpaired) electrons. The molecule has 1 atom stereocenters. The van der Waals surface area contributed by atoms with Crippen LogP contribution < -0.4 is 17.2 Å². The van der Waals surface area contributed by atoms with Gasteiger partial charge in [0.25, 0.3) is 0 Å². The molecule has 0 bridgehead atoms. The average molecular weight is 199 g/mol. The molecule has 0 aliphatic rings. The fourth-order valence-corrected chi connectivity index (χ4v) is 1.26. The maximum absolute atomic E-state index is 12.9. The fraction of sp³-hybridized carbons (Fsp3) is 0.333. The molecule has 0 fully saturated rings. The number of nitrogens with two attached hydrogens (primary N) is 3. The Labute approximate surface area is 81.5 Å². The summed E-state index contributed by atoms with van der Waals surface area (Å²) in [4.78, 5) is 0. The standard InChI is InChI=1S/C9H14FN3O/c10-5-3-6(7(12)1-2-11)9(14)8(13)4-5/h3-4,7,14H,1-2,11-13H2/t7-/m0/s1. The summed E-state index contributed by atoms with van der Waals surface area (Å²) in [5, 5.41) is 9.51. The molecule has 1 aromatic carbocycles. The van der Waals surface area contributed by atoms with Gasteiger partial charge in [-0.25, -0.2) is 4.39 Å². The zero-order chi connectivity index (χ0) is 10.7. The Morgan fingerprint density at radius 2 is 2.07 bits per heavy atom. The lowest BCUT2D eigenvalue weighted by Crippen LogP contribution is -2.16. The van der Waals surface area contributed by atoms with Crippen LogP contribution in [0.4, 0.5) is 10.1 Å². The van der Waals surface area contributed by atoms with Crippen LogP contribution in [0.5, 0.6) is 5.75 Å². The number of phenols is 1. The first kappa shape index (κ1) is 10.7. The van der Waals surface area contributed by atoms with E-state index in [0.29, 0.717) is 18.5 Å². The molecule has 7 N–H and O–H groups in total. The minimum Gasteiger partial charge on any atom is -0.505 e. The van der Waals surface area contributed by atoms with Crippen molar-refractivity contribution in [3.63, 3.8) is 0 Å². The van der Waals surface area contributed by atoms with Gasteiger partial charge >= 0.3 is 0 Å². The third-order valence-corrected chi connectivity index (χ3v) is 2.01. The Bertz CT molecular complexity index is 330. The first-order valence-electron chi connectivity index (χ1n) is 4.29. The summed E-state index contributed by atoms with van der Waals surface area (Å²) in [6.45, 7) is 0.372. The van der Waals surface area contributed by atoms with Crippen molar-refractivity contribution in [1.82, 2.24) is 0 Å². The number of halogens is 1. The molecule has 0 amide bonds. The zero-order valence-electron chi connectivity index (χ0n) is 7.70. The van der Waals surface area contributed by atoms with E-state index < -0.39 is 11.9 Å². The molecular weight excluding hydrogens is 185 g/mol. The Hall–Kier alpha value is -1.33. The molecule has 1 rings (SSSR count). The van der Waals surface area contributed by atoms with E-state index in [1.165, 1.54) is 6.07 Å². The van der Waals surface area contributed by atoms with Crippen LogP contribution in [0.3, 0.4) is 0 Å². The first-order valence-corrected chi connectivity index (χ1v) is 4.29. The Morgan fingerprint density at radius 1 is 1.43 bits per heavy atom. The van der Waals surface area contributed by atoms with Crippen molar-refractivity contribution in [2.24, 2.45) is 11.5 Å². The predicted molar refractivity (Wildman–Crippen MR) is 53.1 cm³/mol. The van der Waals surface area contributed by atoms with Crippen molar-refractivity contribution in [1.29, 1.82) is 0 Å². The van der Waals surface area contributed by atoms with Gasteiger partial charge in [-0.05, 0) is 19.0 Å². The third kappa shape index (κ3) is 2.12. The Morgan fingerprint density at radius 3 is 2.64 bits per heavy atom. The molecule has 0 aromatic heterocycles. The second-order valence-corrected chi connectivity index (χ2v) is 3.12. The summed E-state index contributed by atoms with van der Waals surface area (Å²) in [5.41, 5.74) is 16.7. The van der Waals surface area contributed by atoms with E-state index in [2.05, 4.69) is 0 Å². The van der Waals surface area contributed by atoms with Crippen molar-refractivity contribution in [2.75, 3.05) is 12.3 Å². The lowest BCUT2D eigenvalue weighted by atomic mass is 10.0. The highest BCUT2D eigenvalue weighted by atomic mass is 19.1. The van der Waals surface area contributed by atoms with E-state index >= 15 is 0 Å². The van der Waals surface area contributed by atoms with Gasteiger partial charge in [-0.3, -0.25) is 0 Å². The number of hydrogen-bond donors (Lipinski definition) is 4. The molecule has 4 nitrogen and oxygen atoms in total. The maximum atomic E-state index is 12.9. The number of hydrogen-bond acceptors (Lipinski definition) is 4. The fourth-order valence-electron chi connectivity index (χ4n) is 1.26. The molecule has 5 heteroatoms. The molecule has 0 aliphatic carbocycles. The summed E-state index contributed by atoms with van der Waals surface area (Å²) in [6.07, 6.45) is 0.469. The number of phenolic OH excluding ortho intramolecular Hbond substituents is 1. The molecule has 0 saturated heterocycles. The third-order valence-electron chi connectivity index (χ3n) is 2.01. The number of nitrogen functional groups attached to an aromatic ring is 1. The van der Waals surface area contributed by atoms with Crippen LogP contribution in [-0.2, 0) is 0 Å². The number of anilines is 1. The highest BCUT2D eigenvalue weighted by molar-refractivity contribution is 5.57. The highest BCUT2D eigenvalue weighted by Crippen LogP contribution is 2.31. The number of aromatic hydroxyl groups is 1. The monoisotopic (exact) mass is 199 g/mol. The largest absolute Gasteiger partial charge is 0.505 e. The molecule has 14 heavy (non-hydrogen) atoms. The van der Waals surface area contributed by atoms with Crippen molar-refractivity contribution >= 4 is 5.69 Å².